The normalized spacial score (nSPS) is 16.5. The van der Waals surface area contributed by atoms with Gasteiger partial charge >= 0.3 is 0 Å². The fourth-order valence-electron chi connectivity index (χ4n) is 3.84. The van der Waals surface area contributed by atoms with Gasteiger partial charge in [0.2, 0.25) is 5.69 Å². The van der Waals surface area contributed by atoms with Crippen LogP contribution < -0.4 is 15.6 Å². The first-order valence-corrected chi connectivity index (χ1v) is 12.7. The monoisotopic (exact) mass is 571 g/mol. The number of ether oxygens (including phenoxy) is 1. The predicted octanol–water partition coefficient (Wildman–Crippen LogP) is 3.97. The number of hydrogen-bond donors (Lipinski definition) is 3. The van der Waals surface area contributed by atoms with Gasteiger partial charge in [0.15, 0.2) is 19.5 Å². The smallest absolute Gasteiger partial charge is 0.277 e. The Morgan fingerprint density at radius 3 is 2.48 bits per heavy atom. The quantitative estimate of drug-likeness (QED) is 0.300. The zero-order valence-corrected chi connectivity index (χ0v) is 23.6. The van der Waals surface area contributed by atoms with Crippen LogP contribution in [0.4, 0.5) is 8.78 Å². The Morgan fingerprint density at radius 1 is 1.18 bits per heavy atom. The fraction of sp³-hybridized carbons (Fsp3) is 0.333. The predicted molar refractivity (Wildman–Crippen MR) is 147 cm³/mol. The topological polar surface area (TPSA) is 122 Å². The third-order valence-corrected chi connectivity index (χ3v) is 6.05. The van der Waals surface area contributed by atoms with Gasteiger partial charge in [0.25, 0.3) is 5.56 Å². The highest BCUT2D eigenvalue weighted by Crippen LogP contribution is 2.32. The van der Waals surface area contributed by atoms with E-state index in [0.717, 1.165) is 0 Å². The number of aliphatic hydroxyl groups is 2. The molecule has 3 N–H and O–H groups in total. The molecule has 0 aliphatic carbocycles. The van der Waals surface area contributed by atoms with Crippen molar-refractivity contribution in [3.63, 3.8) is 0 Å². The summed E-state index contributed by atoms with van der Waals surface area (Å²) in [6, 6.07) is 3.02. The van der Waals surface area contributed by atoms with Crippen LogP contribution in [-0.2, 0) is 11.3 Å². The van der Waals surface area contributed by atoms with Gasteiger partial charge in [0.1, 0.15) is 27.9 Å². The van der Waals surface area contributed by atoms with Crippen molar-refractivity contribution in [3.05, 3.63) is 98.4 Å². The van der Waals surface area contributed by atoms with Crippen molar-refractivity contribution < 1.29 is 23.7 Å². The lowest BCUT2D eigenvalue weighted by Crippen LogP contribution is -2.36. The highest BCUT2D eigenvalue weighted by Gasteiger charge is 2.32. The second kappa shape index (κ2) is 11.9. The second-order valence-corrected chi connectivity index (χ2v) is 9.65. The van der Waals surface area contributed by atoms with Gasteiger partial charge in [-0.15, -0.1) is 0 Å². The van der Waals surface area contributed by atoms with E-state index < -0.39 is 45.2 Å². The molecule has 210 valence electrons. The van der Waals surface area contributed by atoms with E-state index in [1.165, 1.54) is 16.8 Å². The minimum Gasteiger partial charge on any atom is -0.465 e. The minimum absolute atomic E-state index is 0.234. The number of aromatic nitrogens is 4. The molecule has 1 aliphatic rings. The molecule has 0 fully saturated rings. The number of dihydropyridines is 1. The molecule has 0 saturated carbocycles. The lowest BCUT2D eigenvalue weighted by atomic mass is 9.90. The number of rotatable bonds is 6. The van der Waals surface area contributed by atoms with E-state index in [1.54, 1.807) is 46.0 Å². The van der Waals surface area contributed by atoms with Gasteiger partial charge in [-0.05, 0) is 45.4 Å². The summed E-state index contributed by atoms with van der Waals surface area (Å²) >= 11 is 6.31. The number of pyridine rings is 2. The largest absolute Gasteiger partial charge is 0.465 e. The molecule has 40 heavy (non-hydrogen) atoms. The number of nitrogens with one attached hydrogen (secondary N) is 1. The van der Waals surface area contributed by atoms with Crippen LogP contribution in [0.1, 0.15) is 63.6 Å². The summed E-state index contributed by atoms with van der Waals surface area (Å²) in [5.41, 5.74) is -3.53. The SMILES string of the molecule is CC.[B]C(O)(Oc1cc(C)n(C2=CC(c3ccnc(C(C)(C)O)n3)NC=C2C)c(=O)c1Cl)c1ncc(F)cc1F. The van der Waals surface area contributed by atoms with Crippen molar-refractivity contribution in [2.24, 2.45) is 0 Å². The van der Waals surface area contributed by atoms with Crippen LogP contribution in [0.2, 0.25) is 5.02 Å². The van der Waals surface area contributed by atoms with E-state index in [2.05, 4.69) is 20.3 Å². The third kappa shape index (κ3) is 6.40. The van der Waals surface area contributed by atoms with Crippen LogP contribution >= 0.6 is 11.6 Å². The molecule has 0 saturated heterocycles. The van der Waals surface area contributed by atoms with Crippen LogP contribution in [0.25, 0.3) is 5.70 Å². The number of nitrogens with zero attached hydrogens (tertiary/aromatic N) is 4. The molecule has 3 aromatic heterocycles. The van der Waals surface area contributed by atoms with Gasteiger partial charge in [-0.3, -0.25) is 9.36 Å². The first-order valence-electron chi connectivity index (χ1n) is 12.3. The summed E-state index contributed by atoms with van der Waals surface area (Å²) in [5, 5.41) is 23.5. The summed E-state index contributed by atoms with van der Waals surface area (Å²) < 4.78 is 34.0. The Labute approximate surface area is 236 Å². The Morgan fingerprint density at radius 2 is 1.85 bits per heavy atom. The van der Waals surface area contributed by atoms with Crippen molar-refractivity contribution >= 4 is 25.1 Å². The molecular formula is C27H29BClF2N5O4. The summed E-state index contributed by atoms with van der Waals surface area (Å²) in [4.78, 5) is 25.4. The Kier molecular flexibility index (Phi) is 9.18. The number of allylic oxidation sites excluding steroid dienone is 2. The van der Waals surface area contributed by atoms with Crippen molar-refractivity contribution in [1.82, 2.24) is 24.8 Å². The summed E-state index contributed by atoms with van der Waals surface area (Å²) in [6.45, 7) is 10.5. The highest BCUT2D eigenvalue weighted by atomic mass is 35.5. The van der Waals surface area contributed by atoms with Crippen LogP contribution in [0.3, 0.4) is 0 Å². The van der Waals surface area contributed by atoms with E-state index in [9.17, 15) is 23.8 Å². The summed E-state index contributed by atoms with van der Waals surface area (Å²) in [5.74, 6) is -2.33. The first-order chi connectivity index (χ1) is 18.7. The van der Waals surface area contributed by atoms with E-state index >= 15 is 0 Å². The number of aryl methyl sites for hydroxylation is 1. The zero-order chi connectivity index (χ0) is 30.0. The third-order valence-electron chi connectivity index (χ3n) is 5.70. The molecule has 1 aliphatic heterocycles. The lowest BCUT2D eigenvalue weighted by Gasteiger charge is -2.28. The van der Waals surface area contributed by atoms with Gasteiger partial charge in [-0.1, -0.05) is 25.4 Å². The molecule has 9 nitrogen and oxygen atoms in total. The van der Waals surface area contributed by atoms with Gasteiger partial charge in [-0.2, -0.15) is 0 Å². The van der Waals surface area contributed by atoms with E-state index in [1.807, 2.05) is 13.8 Å². The summed E-state index contributed by atoms with van der Waals surface area (Å²) in [6.07, 6.45) is 5.65. The molecule has 0 aromatic carbocycles. The lowest BCUT2D eigenvalue weighted by molar-refractivity contribution is -0.0736. The maximum Gasteiger partial charge on any atom is 0.277 e. The Hall–Kier alpha value is -3.61. The van der Waals surface area contributed by atoms with Crippen molar-refractivity contribution in [2.45, 2.75) is 58.9 Å². The number of halogens is 3. The van der Waals surface area contributed by atoms with Gasteiger partial charge in [0.05, 0.1) is 23.6 Å². The van der Waals surface area contributed by atoms with E-state index in [0.29, 0.717) is 34.9 Å². The minimum atomic E-state index is -2.85. The Balaban J connectivity index is 0.00000216. The Bertz CT molecular complexity index is 1540. The average molecular weight is 572 g/mol. The number of hydrogen-bond acceptors (Lipinski definition) is 8. The molecule has 3 aromatic rings. The zero-order valence-electron chi connectivity index (χ0n) is 22.8. The van der Waals surface area contributed by atoms with Crippen LogP contribution in [0, 0.1) is 18.6 Å². The maximum atomic E-state index is 14.2. The molecule has 2 radical (unpaired) electrons. The second-order valence-electron chi connectivity index (χ2n) is 9.27. The van der Waals surface area contributed by atoms with Crippen LogP contribution in [-0.4, -0.2) is 37.6 Å². The molecule has 0 amide bonds. The molecule has 4 rings (SSSR count). The first kappa shape index (κ1) is 30.9. The van der Waals surface area contributed by atoms with Crippen LogP contribution in [0.15, 0.2) is 53.2 Å². The standard InChI is InChI=1S/C25H23BClF2N5O4.C2H6/c1-12-10-31-17(16-5-6-30-23(33-16)24(3,4)36)9-18(12)34-13(2)7-19(20(27)22(34)35)38-25(26,37)21-15(29)8-14(28)11-32-21;1-2/h5-11,17,31,36-37H,1-4H3;1-2H3. The van der Waals surface area contributed by atoms with Gasteiger partial charge in [0, 0.05) is 30.2 Å². The van der Waals surface area contributed by atoms with E-state index in [4.69, 9.17) is 24.2 Å². The van der Waals surface area contributed by atoms with Crippen LogP contribution in [0.5, 0.6) is 5.75 Å². The van der Waals surface area contributed by atoms with Crippen molar-refractivity contribution in [1.29, 1.82) is 0 Å². The molecule has 2 atom stereocenters. The molecule has 13 heteroatoms. The molecule has 0 bridgehead atoms. The van der Waals surface area contributed by atoms with Gasteiger partial charge in [-0.25, -0.2) is 23.7 Å². The average Bonchev–Trinajstić information content (AvgIpc) is 2.88. The molecule has 2 unspecified atom stereocenters. The van der Waals surface area contributed by atoms with Crippen molar-refractivity contribution in [3.8, 4) is 5.75 Å². The fourth-order valence-corrected chi connectivity index (χ4v) is 4.02. The van der Waals surface area contributed by atoms with Crippen molar-refractivity contribution in [2.75, 3.05) is 0 Å². The molecule has 4 heterocycles. The molecular weight excluding hydrogens is 543 g/mol. The van der Waals surface area contributed by atoms with E-state index in [-0.39, 0.29) is 11.6 Å². The maximum absolute atomic E-state index is 14.2. The molecule has 0 spiro atoms. The summed E-state index contributed by atoms with van der Waals surface area (Å²) in [7, 11) is 5.70. The highest BCUT2D eigenvalue weighted by molar-refractivity contribution is 6.32. The van der Waals surface area contributed by atoms with Gasteiger partial charge < -0.3 is 20.3 Å².